The fourth-order valence-electron chi connectivity index (χ4n) is 5.36. The van der Waals surface area contributed by atoms with Crippen LogP contribution in [0, 0.1) is 12.8 Å². The molecule has 2 amide bonds. The number of likely N-dealkylation sites (tertiary alicyclic amines) is 1. The Morgan fingerprint density at radius 2 is 1.80 bits per heavy atom. The second-order valence-corrected chi connectivity index (χ2v) is 10.7. The number of rotatable bonds is 8. The van der Waals surface area contributed by atoms with Crippen LogP contribution < -0.4 is 0 Å². The van der Waals surface area contributed by atoms with Gasteiger partial charge >= 0.3 is 18.1 Å². The van der Waals surface area contributed by atoms with Crippen LogP contribution in [0.1, 0.15) is 39.4 Å². The topological polar surface area (TPSA) is 95.7 Å². The number of hydrogen-bond donors (Lipinski definition) is 1. The first kappa shape index (κ1) is 28.1. The van der Waals surface area contributed by atoms with Crippen LogP contribution >= 0.6 is 0 Å². The van der Waals surface area contributed by atoms with E-state index in [1.54, 1.807) is 36.0 Å². The highest BCUT2D eigenvalue weighted by molar-refractivity contribution is 5.93. The number of alkyl halides is 3. The zero-order chi connectivity index (χ0) is 29.5. The quantitative estimate of drug-likeness (QED) is 0.405. The van der Waals surface area contributed by atoms with E-state index in [1.165, 1.54) is 17.0 Å². The molecule has 2 heterocycles. The lowest BCUT2D eigenvalue weighted by molar-refractivity contribution is -0.187. The van der Waals surface area contributed by atoms with Crippen molar-refractivity contribution in [1.82, 2.24) is 19.6 Å². The minimum Gasteiger partial charge on any atom is -0.478 e. The summed E-state index contributed by atoms with van der Waals surface area (Å²) < 4.78 is 42.2. The summed E-state index contributed by atoms with van der Waals surface area (Å²) in [5.74, 6) is -3.62. The lowest BCUT2D eigenvalue weighted by Crippen LogP contribution is -2.56. The van der Waals surface area contributed by atoms with Crippen LogP contribution in [0.3, 0.4) is 0 Å². The molecule has 0 radical (unpaired) electrons. The predicted octanol–water partition coefficient (Wildman–Crippen LogP) is 4.51. The van der Waals surface area contributed by atoms with Gasteiger partial charge in [-0.3, -0.25) is 14.3 Å². The lowest BCUT2D eigenvalue weighted by atomic mass is 9.98. The van der Waals surface area contributed by atoms with Gasteiger partial charge in [-0.25, -0.2) is 4.79 Å². The zero-order valence-electron chi connectivity index (χ0n) is 22.5. The number of aromatic nitrogens is 2. The standard InChI is InChI=1S/C30H29F3N4O4/c1-18-11-19(3-9-24(18)28(39)40)4-10-27(38)36-14-20(15-36)16-37(29(41)30(31,32)33)26-12-25(26)22-7-5-21(6-8-22)23-13-34-35(2)17-23/h3-11,13,17,20,25-26H,12,14-16H2,1-2H3,(H,39,40). The third-order valence-corrected chi connectivity index (χ3v) is 7.66. The van der Waals surface area contributed by atoms with Crippen molar-refractivity contribution >= 4 is 23.9 Å². The van der Waals surface area contributed by atoms with Crippen molar-refractivity contribution in [2.45, 2.75) is 31.5 Å². The average molecular weight is 567 g/mol. The van der Waals surface area contributed by atoms with Gasteiger partial charge in [0.1, 0.15) is 0 Å². The van der Waals surface area contributed by atoms with Gasteiger partial charge < -0.3 is 14.9 Å². The van der Waals surface area contributed by atoms with Crippen LogP contribution in [0.15, 0.2) is 60.9 Å². The first-order valence-corrected chi connectivity index (χ1v) is 13.2. The monoisotopic (exact) mass is 566 g/mol. The fourth-order valence-corrected chi connectivity index (χ4v) is 5.36. The summed E-state index contributed by atoms with van der Waals surface area (Å²) in [6.07, 6.45) is 2.01. The molecule has 1 aromatic heterocycles. The first-order valence-electron chi connectivity index (χ1n) is 13.2. The Morgan fingerprint density at radius 1 is 1.10 bits per heavy atom. The zero-order valence-corrected chi connectivity index (χ0v) is 22.5. The molecule has 2 atom stereocenters. The Balaban J connectivity index is 1.19. The van der Waals surface area contributed by atoms with E-state index in [-0.39, 0.29) is 42.9 Å². The fraction of sp³-hybridized carbons (Fsp3) is 0.333. The Kier molecular flexibility index (Phi) is 7.46. The van der Waals surface area contributed by atoms with Gasteiger partial charge in [0.05, 0.1) is 11.8 Å². The average Bonchev–Trinajstić information content (AvgIpc) is 3.57. The highest BCUT2D eigenvalue weighted by Gasteiger charge is 2.52. The Labute approximate surface area is 234 Å². The molecule has 41 heavy (non-hydrogen) atoms. The molecule has 1 saturated heterocycles. The van der Waals surface area contributed by atoms with Crippen LogP contribution in [-0.2, 0) is 16.6 Å². The number of aryl methyl sites for hydroxylation is 2. The summed E-state index contributed by atoms with van der Waals surface area (Å²) in [6, 6.07) is 11.8. The van der Waals surface area contributed by atoms with E-state index < -0.39 is 24.1 Å². The normalized spacial score (nSPS) is 18.8. The van der Waals surface area contributed by atoms with Gasteiger partial charge in [0, 0.05) is 62.4 Å². The first-order chi connectivity index (χ1) is 19.4. The molecule has 2 unspecified atom stereocenters. The van der Waals surface area contributed by atoms with E-state index >= 15 is 0 Å². The van der Waals surface area contributed by atoms with Gasteiger partial charge in [0.25, 0.3) is 0 Å². The van der Waals surface area contributed by atoms with Crippen LogP contribution in [-0.4, -0.2) is 74.3 Å². The van der Waals surface area contributed by atoms with E-state index in [2.05, 4.69) is 5.10 Å². The van der Waals surface area contributed by atoms with E-state index in [1.807, 2.05) is 37.5 Å². The SMILES string of the molecule is Cc1cc(C=CC(=O)N2CC(CN(C(=O)C(F)(F)F)C3CC3c3ccc(-c4cnn(C)c4)cc3)C2)ccc1C(=O)O. The number of carbonyl (C=O) groups is 3. The van der Waals surface area contributed by atoms with Crippen LogP contribution in [0.25, 0.3) is 17.2 Å². The molecule has 2 aromatic carbocycles. The largest absolute Gasteiger partial charge is 0.478 e. The van der Waals surface area contributed by atoms with E-state index in [0.29, 0.717) is 17.5 Å². The van der Waals surface area contributed by atoms with Gasteiger partial charge in [0.2, 0.25) is 5.91 Å². The van der Waals surface area contributed by atoms with E-state index in [4.69, 9.17) is 5.11 Å². The molecule has 1 saturated carbocycles. The van der Waals surface area contributed by atoms with Crippen molar-refractivity contribution in [2.75, 3.05) is 19.6 Å². The third kappa shape index (κ3) is 6.18. The number of benzene rings is 2. The Morgan fingerprint density at radius 3 is 2.39 bits per heavy atom. The number of hydrogen-bond acceptors (Lipinski definition) is 4. The highest BCUT2D eigenvalue weighted by atomic mass is 19.4. The molecule has 1 N–H and O–H groups in total. The predicted molar refractivity (Wildman–Crippen MR) is 145 cm³/mol. The summed E-state index contributed by atoms with van der Waals surface area (Å²) in [7, 11) is 1.82. The summed E-state index contributed by atoms with van der Waals surface area (Å²) >= 11 is 0. The van der Waals surface area contributed by atoms with Gasteiger partial charge in [-0.05, 0) is 47.7 Å². The third-order valence-electron chi connectivity index (χ3n) is 7.66. The second kappa shape index (κ2) is 10.9. The molecule has 2 aliphatic rings. The smallest absolute Gasteiger partial charge is 0.471 e. The molecule has 3 aromatic rings. The molecule has 8 nitrogen and oxygen atoms in total. The van der Waals surface area contributed by atoms with Crippen molar-refractivity contribution in [2.24, 2.45) is 13.0 Å². The van der Waals surface area contributed by atoms with Gasteiger partial charge in [-0.1, -0.05) is 36.4 Å². The van der Waals surface area contributed by atoms with Crippen molar-refractivity contribution in [3.8, 4) is 11.1 Å². The maximum atomic E-state index is 13.5. The maximum Gasteiger partial charge on any atom is 0.471 e. The van der Waals surface area contributed by atoms with Crippen molar-refractivity contribution < 1.29 is 32.7 Å². The summed E-state index contributed by atoms with van der Waals surface area (Å²) in [5, 5.41) is 13.3. The maximum absolute atomic E-state index is 13.5. The molecular weight excluding hydrogens is 537 g/mol. The van der Waals surface area contributed by atoms with E-state index in [0.717, 1.165) is 21.6 Å². The molecule has 1 aliphatic carbocycles. The molecular formula is C30H29F3N4O4. The van der Waals surface area contributed by atoms with Crippen LogP contribution in [0.5, 0.6) is 0 Å². The van der Waals surface area contributed by atoms with Crippen molar-refractivity contribution in [3.63, 3.8) is 0 Å². The molecule has 0 bridgehead atoms. The minimum atomic E-state index is -4.98. The number of carboxylic acids is 1. The number of nitrogens with zero attached hydrogens (tertiary/aromatic N) is 4. The minimum absolute atomic E-state index is 0.0728. The van der Waals surface area contributed by atoms with Crippen LogP contribution in [0.2, 0.25) is 0 Å². The molecule has 5 rings (SSSR count). The number of halogens is 3. The van der Waals surface area contributed by atoms with Gasteiger partial charge in [-0.2, -0.15) is 18.3 Å². The number of amides is 2. The second-order valence-electron chi connectivity index (χ2n) is 10.7. The molecule has 0 spiro atoms. The Hall–Kier alpha value is -4.41. The molecule has 11 heteroatoms. The van der Waals surface area contributed by atoms with Crippen molar-refractivity contribution in [3.05, 3.63) is 83.2 Å². The summed E-state index contributed by atoms with van der Waals surface area (Å²) in [6.45, 7) is 2.09. The summed E-state index contributed by atoms with van der Waals surface area (Å²) in [5.41, 5.74) is 4.16. The highest BCUT2D eigenvalue weighted by Crippen LogP contribution is 2.46. The lowest BCUT2D eigenvalue weighted by Gasteiger charge is -2.41. The number of aromatic carboxylic acids is 1. The molecule has 2 fully saturated rings. The summed E-state index contributed by atoms with van der Waals surface area (Å²) in [4.78, 5) is 38.6. The van der Waals surface area contributed by atoms with Crippen LogP contribution in [0.4, 0.5) is 13.2 Å². The molecule has 214 valence electrons. The molecule has 1 aliphatic heterocycles. The van der Waals surface area contributed by atoms with E-state index in [9.17, 15) is 27.6 Å². The number of carboxylic acid groups (broad SMARTS) is 1. The Bertz CT molecular complexity index is 1510. The van der Waals surface area contributed by atoms with Gasteiger partial charge in [0.15, 0.2) is 0 Å². The number of carbonyl (C=O) groups excluding carboxylic acids is 2. The van der Waals surface area contributed by atoms with Crippen molar-refractivity contribution in [1.29, 1.82) is 0 Å². The van der Waals surface area contributed by atoms with Gasteiger partial charge in [-0.15, -0.1) is 0 Å².